The number of carbonyl (C=O) groups is 2. The molecule has 0 fully saturated rings. The van der Waals surface area contributed by atoms with Crippen LogP contribution in [0.15, 0.2) is 40.6 Å². The third-order valence-electron chi connectivity index (χ3n) is 3.35. The van der Waals surface area contributed by atoms with Crippen molar-refractivity contribution in [3.63, 3.8) is 0 Å². The number of ether oxygens (including phenoxy) is 2. The van der Waals surface area contributed by atoms with Gasteiger partial charge in [0.25, 0.3) is 0 Å². The molecule has 7 heteroatoms. The predicted molar refractivity (Wildman–Crippen MR) is 87.2 cm³/mol. The van der Waals surface area contributed by atoms with Gasteiger partial charge in [0.1, 0.15) is 11.5 Å². The molecule has 0 bridgehead atoms. The van der Waals surface area contributed by atoms with Gasteiger partial charge in [0.05, 0.1) is 26.0 Å². The molecule has 2 aromatic rings. The molecular weight excluding hydrogens is 312 g/mol. The maximum atomic E-state index is 11.7. The highest BCUT2D eigenvalue weighted by Crippen LogP contribution is 2.28. The van der Waals surface area contributed by atoms with Crippen LogP contribution in [-0.4, -0.2) is 31.3 Å². The molecule has 0 amide bonds. The number of methoxy groups -OCH3 is 2. The third kappa shape index (κ3) is 3.81. The van der Waals surface area contributed by atoms with E-state index in [1.54, 1.807) is 12.1 Å². The summed E-state index contributed by atoms with van der Waals surface area (Å²) >= 11 is 0. The second-order valence-corrected chi connectivity index (χ2v) is 4.97. The second kappa shape index (κ2) is 7.45. The van der Waals surface area contributed by atoms with Crippen LogP contribution in [0.4, 0.5) is 5.69 Å². The lowest BCUT2D eigenvalue weighted by molar-refractivity contribution is -0.138. The van der Waals surface area contributed by atoms with E-state index in [0.29, 0.717) is 5.69 Å². The molecule has 126 valence electrons. The molecule has 1 aromatic carbocycles. The average molecular weight is 330 g/mol. The lowest BCUT2D eigenvalue weighted by Gasteiger charge is -2.09. The van der Waals surface area contributed by atoms with Crippen molar-refractivity contribution in [2.75, 3.05) is 19.5 Å². The number of anilines is 1. The molecule has 0 aliphatic carbocycles. The summed E-state index contributed by atoms with van der Waals surface area (Å²) in [5.74, 6) is -0.598. The molecule has 1 heterocycles. The summed E-state index contributed by atoms with van der Waals surface area (Å²) in [6.07, 6.45) is 1.04. The van der Waals surface area contributed by atoms with Crippen molar-refractivity contribution in [1.29, 1.82) is 0 Å². The Kier molecular flexibility index (Phi) is 5.36. The van der Waals surface area contributed by atoms with Crippen LogP contribution in [0.3, 0.4) is 0 Å². The lowest BCUT2D eigenvalue weighted by atomic mass is 10.0. The Morgan fingerprint density at radius 1 is 1.12 bits per heavy atom. The van der Waals surface area contributed by atoms with Gasteiger partial charge in [0.15, 0.2) is 0 Å². The standard InChI is InChI=1S/C17H18N2O5/c1-10-16(11(2)24-19-10)12-5-7-13(8-6-12)18-14(17(21)23-4)9-15(20)22-3/h5-9,18H,1-4H3/b14-9+. The molecule has 1 N–H and O–H groups in total. The van der Waals surface area contributed by atoms with Gasteiger partial charge < -0.3 is 19.3 Å². The number of nitrogens with one attached hydrogen (secondary N) is 1. The fraction of sp³-hybridized carbons (Fsp3) is 0.235. The highest BCUT2D eigenvalue weighted by Gasteiger charge is 2.14. The highest BCUT2D eigenvalue weighted by molar-refractivity contribution is 5.98. The van der Waals surface area contributed by atoms with Crippen LogP contribution in [0.2, 0.25) is 0 Å². The Morgan fingerprint density at radius 3 is 2.29 bits per heavy atom. The first-order valence-electron chi connectivity index (χ1n) is 7.14. The molecule has 24 heavy (non-hydrogen) atoms. The number of aryl methyl sites for hydroxylation is 2. The summed E-state index contributed by atoms with van der Waals surface area (Å²) in [6.45, 7) is 3.71. The highest BCUT2D eigenvalue weighted by atomic mass is 16.5. The molecule has 7 nitrogen and oxygen atoms in total. The number of benzene rings is 1. The number of hydrogen-bond acceptors (Lipinski definition) is 7. The number of aromatic nitrogens is 1. The minimum absolute atomic E-state index is 0.0190. The summed E-state index contributed by atoms with van der Waals surface area (Å²) in [5.41, 5.74) is 3.27. The SMILES string of the molecule is COC(=O)/C=C(/Nc1ccc(-c2c(C)noc2C)cc1)C(=O)OC. The summed E-state index contributed by atoms with van der Waals surface area (Å²) in [7, 11) is 2.46. The van der Waals surface area contributed by atoms with Crippen molar-refractivity contribution >= 4 is 17.6 Å². The molecule has 0 saturated heterocycles. The van der Waals surface area contributed by atoms with Crippen LogP contribution in [0.25, 0.3) is 11.1 Å². The Labute approximate surface area is 139 Å². The number of hydrogen-bond donors (Lipinski definition) is 1. The van der Waals surface area contributed by atoms with E-state index in [9.17, 15) is 9.59 Å². The molecule has 0 atom stereocenters. The maximum Gasteiger partial charge on any atom is 0.354 e. The van der Waals surface area contributed by atoms with Crippen molar-refractivity contribution in [3.05, 3.63) is 47.5 Å². The van der Waals surface area contributed by atoms with E-state index >= 15 is 0 Å². The molecule has 0 aliphatic rings. The van der Waals surface area contributed by atoms with Gasteiger partial charge in [-0.05, 0) is 31.5 Å². The van der Waals surface area contributed by atoms with Gasteiger partial charge in [0, 0.05) is 11.3 Å². The molecule has 1 aromatic heterocycles. The van der Waals surface area contributed by atoms with Gasteiger partial charge >= 0.3 is 11.9 Å². The Morgan fingerprint density at radius 2 is 1.79 bits per heavy atom. The molecule has 0 radical (unpaired) electrons. The summed E-state index contributed by atoms with van der Waals surface area (Å²) in [6, 6.07) is 7.27. The molecule has 0 saturated carbocycles. The van der Waals surface area contributed by atoms with Crippen LogP contribution in [0, 0.1) is 13.8 Å². The maximum absolute atomic E-state index is 11.7. The summed E-state index contributed by atoms with van der Waals surface area (Å²) in [5, 5.41) is 6.77. The van der Waals surface area contributed by atoms with Gasteiger partial charge in [-0.25, -0.2) is 9.59 Å². The van der Waals surface area contributed by atoms with Gasteiger partial charge in [-0.2, -0.15) is 0 Å². The van der Waals surface area contributed by atoms with Gasteiger partial charge in [-0.1, -0.05) is 17.3 Å². The quantitative estimate of drug-likeness (QED) is 0.665. The first-order chi connectivity index (χ1) is 11.5. The molecule has 2 rings (SSSR count). The van der Waals surface area contributed by atoms with Gasteiger partial charge in [-0.3, -0.25) is 0 Å². The second-order valence-electron chi connectivity index (χ2n) is 4.97. The Bertz CT molecular complexity index is 755. The average Bonchev–Trinajstić information content (AvgIpc) is 2.92. The lowest BCUT2D eigenvalue weighted by Crippen LogP contribution is -2.15. The van der Waals surface area contributed by atoms with E-state index in [4.69, 9.17) is 4.52 Å². The number of nitrogens with zero attached hydrogens (tertiary/aromatic N) is 1. The molecule has 0 aliphatic heterocycles. The molecule has 0 spiro atoms. The first-order valence-corrected chi connectivity index (χ1v) is 7.14. The number of carbonyl (C=O) groups excluding carboxylic acids is 2. The summed E-state index contributed by atoms with van der Waals surface area (Å²) in [4.78, 5) is 23.1. The summed E-state index contributed by atoms with van der Waals surface area (Å²) < 4.78 is 14.3. The zero-order valence-electron chi connectivity index (χ0n) is 13.9. The largest absolute Gasteiger partial charge is 0.466 e. The fourth-order valence-corrected chi connectivity index (χ4v) is 2.20. The topological polar surface area (TPSA) is 90.7 Å². The first kappa shape index (κ1) is 17.3. The molecule has 0 unspecified atom stereocenters. The van der Waals surface area contributed by atoms with E-state index in [1.165, 1.54) is 14.2 Å². The van der Waals surface area contributed by atoms with Crippen LogP contribution in [0.5, 0.6) is 0 Å². The van der Waals surface area contributed by atoms with Crippen molar-refractivity contribution in [2.24, 2.45) is 0 Å². The van der Waals surface area contributed by atoms with Crippen LogP contribution >= 0.6 is 0 Å². The third-order valence-corrected chi connectivity index (χ3v) is 3.35. The van der Waals surface area contributed by atoms with Crippen molar-refractivity contribution in [1.82, 2.24) is 5.16 Å². The monoisotopic (exact) mass is 330 g/mol. The Hall–Kier alpha value is -3.09. The minimum atomic E-state index is -0.671. The van der Waals surface area contributed by atoms with Crippen molar-refractivity contribution in [3.8, 4) is 11.1 Å². The van der Waals surface area contributed by atoms with Crippen LogP contribution in [0.1, 0.15) is 11.5 Å². The van der Waals surface area contributed by atoms with E-state index in [1.807, 2.05) is 26.0 Å². The minimum Gasteiger partial charge on any atom is -0.466 e. The van der Waals surface area contributed by atoms with Crippen molar-refractivity contribution < 1.29 is 23.6 Å². The predicted octanol–water partition coefficient (Wildman–Crippen LogP) is 2.60. The van der Waals surface area contributed by atoms with Crippen LogP contribution < -0.4 is 5.32 Å². The van der Waals surface area contributed by atoms with E-state index in [2.05, 4.69) is 19.9 Å². The normalized spacial score (nSPS) is 11.1. The van der Waals surface area contributed by atoms with E-state index < -0.39 is 11.9 Å². The van der Waals surface area contributed by atoms with Crippen molar-refractivity contribution in [2.45, 2.75) is 13.8 Å². The number of esters is 2. The smallest absolute Gasteiger partial charge is 0.354 e. The zero-order chi connectivity index (χ0) is 17.7. The zero-order valence-corrected chi connectivity index (χ0v) is 13.9. The van der Waals surface area contributed by atoms with E-state index in [-0.39, 0.29) is 5.70 Å². The number of rotatable bonds is 5. The Balaban J connectivity index is 2.25. The van der Waals surface area contributed by atoms with Gasteiger partial charge in [0.2, 0.25) is 0 Å². The fourth-order valence-electron chi connectivity index (χ4n) is 2.20. The van der Waals surface area contributed by atoms with Gasteiger partial charge in [-0.15, -0.1) is 0 Å². The molecular formula is C17H18N2O5. The van der Waals surface area contributed by atoms with Crippen LogP contribution in [-0.2, 0) is 19.1 Å². The van der Waals surface area contributed by atoms with E-state index in [0.717, 1.165) is 28.7 Å².